The fourth-order valence-corrected chi connectivity index (χ4v) is 2.59. The van der Waals surface area contributed by atoms with Gasteiger partial charge in [-0.2, -0.15) is 0 Å². The van der Waals surface area contributed by atoms with Crippen LogP contribution in [0.3, 0.4) is 0 Å². The molecule has 1 atom stereocenters. The lowest BCUT2D eigenvalue weighted by molar-refractivity contribution is -0.118. The normalized spacial score (nSPS) is 20.1. The van der Waals surface area contributed by atoms with E-state index in [0.717, 1.165) is 32.0 Å². The lowest BCUT2D eigenvalue weighted by atomic mass is 9.96. The van der Waals surface area contributed by atoms with Gasteiger partial charge in [0.2, 0.25) is 5.91 Å². The third-order valence-corrected chi connectivity index (χ3v) is 4.18. The van der Waals surface area contributed by atoms with Crippen molar-refractivity contribution in [3.05, 3.63) is 0 Å². The summed E-state index contributed by atoms with van der Waals surface area (Å²) in [6.45, 7) is 9.52. The van der Waals surface area contributed by atoms with Gasteiger partial charge < -0.3 is 10.6 Å². The Morgan fingerprint density at radius 2 is 2.17 bits per heavy atom. The molecule has 1 unspecified atom stereocenters. The smallest absolute Gasteiger partial charge is 0.230 e. The fourth-order valence-electron chi connectivity index (χ4n) is 1.92. The molecule has 0 aromatic heterocycles. The van der Waals surface area contributed by atoms with Gasteiger partial charge in [0.25, 0.3) is 0 Å². The molecule has 1 amide bonds. The van der Waals surface area contributed by atoms with Crippen LogP contribution in [-0.2, 0) is 4.79 Å². The maximum absolute atomic E-state index is 11.6. The molecule has 2 N–H and O–H groups in total. The average molecular weight is 295 g/mol. The molecule has 0 aromatic rings. The van der Waals surface area contributed by atoms with E-state index in [0.29, 0.717) is 5.75 Å². The average Bonchev–Trinajstić information content (AvgIpc) is 2.27. The first-order valence-electron chi connectivity index (χ1n) is 6.59. The minimum absolute atomic E-state index is 0. The lowest BCUT2D eigenvalue weighted by Gasteiger charge is -2.22. The quantitative estimate of drug-likeness (QED) is 0.818. The summed E-state index contributed by atoms with van der Waals surface area (Å²) in [4.78, 5) is 11.6. The zero-order valence-electron chi connectivity index (χ0n) is 11.8. The molecule has 1 fully saturated rings. The van der Waals surface area contributed by atoms with Crippen LogP contribution in [0.25, 0.3) is 0 Å². The number of hydrogen-bond donors (Lipinski definition) is 2. The van der Waals surface area contributed by atoms with Crippen LogP contribution in [0.5, 0.6) is 0 Å². The molecule has 1 heterocycles. The van der Waals surface area contributed by atoms with Crippen molar-refractivity contribution >= 4 is 30.1 Å². The van der Waals surface area contributed by atoms with Gasteiger partial charge in [-0.25, -0.2) is 0 Å². The highest BCUT2D eigenvalue weighted by Gasteiger charge is 2.15. The van der Waals surface area contributed by atoms with Crippen LogP contribution in [0.1, 0.15) is 40.0 Å². The number of thioether (sulfide) groups is 1. The van der Waals surface area contributed by atoms with Crippen LogP contribution in [0.4, 0.5) is 0 Å². The Hall–Kier alpha value is 0.0700. The molecular weight excluding hydrogens is 268 g/mol. The summed E-state index contributed by atoms with van der Waals surface area (Å²) in [6.07, 6.45) is 3.69. The van der Waals surface area contributed by atoms with Crippen molar-refractivity contribution in [3.8, 4) is 0 Å². The van der Waals surface area contributed by atoms with Gasteiger partial charge in [-0.3, -0.25) is 4.79 Å². The number of nitrogens with one attached hydrogen (secondary N) is 2. The molecule has 5 heteroatoms. The van der Waals surface area contributed by atoms with E-state index in [4.69, 9.17) is 0 Å². The molecular formula is C13H27ClN2OS. The standard InChI is InChI=1S/C13H26N2OS.ClH/c1-13(2,3)17-10-12(16)15-8-6-11-5-4-7-14-9-11;/h11,14H,4-10H2,1-3H3,(H,15,16);1H. The Labute approximate surface area is 122 Å². The van der Waals surface area contributed by atoms with E-state index in [-0.39, 0.29) is 23.1 Å². The zero-order chi connectivity index (χ0) is 12.7. The minimum atomic E-state index is 0. The second kappa shape index (κ2) is 9.05. The molecule has 1 aliphatic rings. The van der Waals surface area contributed by atoms with Crippen molar-refractivity contribution in [2.45, 2.75) is 44.8 Å². The highest BCUT2D eigenvalue weighted by molar-refractivity contribution is 8.01. The summed E-state index contributed by atoms with van der Waals surface area (Å²) in [5.41, 5.74) is 0. The monoisotopic (exact) mass is 294 g/mol. The molecule has 18 heavy (non-hydrogen) atoms. The first-order chi connectivity index (χ1) is 7.97. The molecule has 1 aliphatic heterocycles. The minimum Gasteiger partial charge on any atom is -0.355 e. The first-order valence-corrected chi connectivity index (χ1v) is 7.57. The largest absolute Gasteiger partial charge is 0.355 e. The van der Waals surface area contributed by atoms with Crippen LogP contribution < -0.4 is 10.6 Å². The summed E-state index contributed by atoms with van der Waals surface area (Å²) in [5.74, 6) is 1.50. The lowest BCUT2D eigenvalue weighted by Crippen LogP contribution is -2.34. The third kappa shape index (κ3) is 9.06. The van der Waals surface area contributed by atoms with E-state index in [9.17, 15) is 4.79 Å². The van der Waals surface area contributed by atoms with Crippen LogP contribution in [0.15, 0.2) is 0 Å². The van der Waals surface area contributed by atoms with Crippen molar-refractivity contribution in [1.82, 2.24) is 10.6 Å². The predicted octanol–water partition coefficient (Wildman–Crippen LogP) is 2.45. The SMILES string of the molecule is CC(C)(C)SCC(=O)NCCC1CCCNC1.Cl. The van der Waals surface area contributed by atoms with Gasteiger partial charge >= 0.3 is 0 Å². The number of hydrogen-bond acceptors (Lipinski definition) is 3. The highest BCUT2D eigenvalue weighted by Crippen LogP contribution is 2.22. The molecule has 0 bridgehead atoms. The molecule has 1 rings (SSSR count). The van der Waals surface area contributed by atoms with E-state index in [1.54, 1.807) is 11.8 Å². The van der Waals surface area contributed by atoms with Crippen LogP contribution in [0, 0.1) is 5.92 Å². The van der Waals surface area contributed by atoms with Crippen molar-refractivity contribution in [1.29, 1.82) is 0 Å². The number of carbonyl (C=O) groups is 1. The summed E-state index contributed by atoms with van der Waals surface area (Å²) in [7, 11) is 0. The summed E-state index contributed by atoms with van der Waals surface area (Å²) >= 11 is 1.70. The predicted molar refractivity (Wildman–Crippen MR) is 82.7 cm³/mol. The van der Waals surface area contributed by atoms with Gasteiger partial charge in [-0.05, 0) is 38.3 Å². The van der Waals surface area contributed by atoms with Crippen LogP contribution in [-0.4, -0.2) is 36.0 Å². The topological polar surface area (TPSA) is 41.1 Å². The second-order valence-corrected chi connectivity index (χ2v) is 7.55. The highest BCUT2D eigenvalue weighted by atomic mass is 35.5. The van der Waals surface area contributed by atoms with Crippen molar-refractivity contribution in [2.75, 3.05) is 25.4 Å². The molecule has 1 saturated heterocycles. The molecule has 0 spiro atoms. The van der Waals surface area contributed by atoms with Crippen LogP contribution >= 0.6 is 24.2 Å². The summed E-state index contributed by atoms with van der Waals surface area (Å²) in [6, 6.07) is 0. The number of halogens is 1. The van der Waals surface area contributed by atoms with Crippen LogP contribution in [0.2, 0.25) is 0 Å². The van der Waals surface area contributed by atoms with Gasteiger partial charge in [0.15, 0.2) is 0 Å². The van der Waals surface area contributed by atoms with E-state index in [2.05, 4.69) is 31.4 Å². The molecule has 0 aliphatic carbocycles. The van der Waals surface area contributed by atoms with Gasteiger partial charge in [0.1, 0.15) is 0 Å². The molecule has 108 valence electrons. The molecule has 0 radical (unpaired) electrons. The Kier molecular flexibility index (Phi) is 9.09. The van der Waals surface area contributed by atoms with E-state index < -0.39 is 0 Å². The number of carbonyl (C=O) groups excluding carboxylic acids is 1. The summed E-state index contributed by atoms with van der Waals surface area (Å²) in [5, 5.41) is 6.42. The van der Waals surface area contributed by atoms with Crippen molar-refractivity contribution in [2.24, 2.45) is 5.92 Å². The molecule has 0 aromatic carbocycles. The Morgan fingerprint density at radius 3 is 2.72 bits per heavy atom. The number of amides is 1. The van der Waals surface area contributed by atoms with Gasteiger partial charge in [-0.15, -0.1) is 24.2 Å². The third-order valence-electron chi connectivity index (χ3n) is 2.91. The molecule has 0 saturated carbocycles. The van der Waals surface area contributed by atoms with E-state index in [1.807, 2.05) is 0 Å². The van der Waals surface area contributed by atoms with E-state index >= 15 is 0 Å². The van der Waals surface area contributed by atoms with Crippen molar-refractivity contribution in [3.63, 3.8) is 0 Å². The maximum atomic E-state index is 11.6. The Morgan fingerprint density at radius 1 is 1.44 bits per heavy atom. The number of piperidine rings is 1. The maximum Gasteiger partial charge on any atom is 0.230 e. The molecule has 3 nitrogen and oxygen atoms in total. The summed E-state index contributed by atoms with van der Waals surface area (Å²) < 4.78 is 0.171. The van der Waals surface area contributed by atoms with Gasteiger partial charge in [0.05, 0.1) is 5.75 Å². The first kappa shape index (κ1) is 18.1. The number of rotatable bonds is 5. The Balaban J connectivity index is 0.00000289. The zero-order valence-corrected chi connectivity index (χ0v) is 13.4. The van der Waals surface area contributed by atoms with Crippen molar-refractivity contribution < 1.29 is 4.79 Å². The fraction of sp³-hybridized carbons (Fsp3) is 0.923. The van der Waals surface area contributed by atoms with Gasteiger partial charge in [-0.1, -0.05) is 20.8 Å². The Bertz CT molecular complexity index is 238. The van der Waals surface area contributed by atoms with Gasteiger partial charge in [0, 0.05) is 11.3 Å². The second-order valence-electron chi connectivity index (χ2n) is 5.75. The van der Waals surface area contributed by atoms with E-state index in [1.165, 1.54) is 12.8 Å².